The molecule has 6 heteroatoms. The number of nitrogens with zero attached hydrogens (tertiary/aromatic N) is 1. The van der Waals surface area contributed by atoms with Crippen molar-refractivity contribution in [2.45, 2.75) is 37.6 Å². The highest BCUT2D eigenvalue weighted by Gasteiger charge is 2.32. The fraction of sp³-hybridized carbons (Fsp3) is 0.571. The minimum Gasteiger partial charge on any atom is -0.328 e. The SMILES string of the molecule is Cc1ccc(Br)c(S(=O)(=O)N2CCC[C@H]([C@H](C)N)C2)c1. The van der Waals surface area contributed by atoms with Crippen LogP contribution in [-0.2, 0) is 10.0 Å². The highest BCUT2D eigenvalue weighted by molar-refractivity contribution is 9.10. The molecule has 1 saturated heterocycles. The predicted octanol–water partition coefficient (Wildman–Crippen LogP) is 2.51. The first-order chi connectivity index (χ1) is 9.32. The van der Waals surface area contributed by atoms with Gasteiger partial charge < -0.3 is 5.73 Å². The number of hydrogen-bond acceptors (Lipinski definition) is 3. The molecule has 20 heavy (non-hydrogen) atoms. The molecule has 1 aliphatic heterocycles. The second-order valence-corrected chi connectivity index (χ2v) is 8.32. The molecule has 4 nitrogen and oxygen atoms in total. The van der Waals surface area contributed by atoms with Gasteiger partial charge in [-0.2, -0.15) is 4.31 Å². The molecule has 2 atom stereocenters. The van der Waals surface area contributed by atoms with Crippen molar-refractivity contribution in [2.75, 3.05) is 13.1 Å². The van der Waals surface area contributed by atoms with E-state index in [0.29, 0.717) is 22.5 Å². The van der Waals surface area contributed by atoms with Crippen molar-refractivity contribution in [3.63, 3.8) is 0 Å². The van der Waals surface area contributed by atoms with Gasteiger partial charge in [0.15, 0.2) is 0 Å². The molecule has 112 valence electrons. The lowest BCUT2D eigenvalue weighted by molar-refractivity contribution is 0.243. The van der Waals surface area contributed by atoms with Crippen molar-refractivity contribution in [1.29, 1.82) is 0 Å². The van der Waals surface area contributed by atoms with Crippen LogP contribution in [0.15, 0.2) is 27.6 Å². The maximum absolute atomic E-state index is 12.8. The Morgan fingerprint density at radius 1 is 1.45 bits per heavy atom. The molecule has 0 aromatic heterocycles. The summed E-state index contributed by atoms with van der Waals surface area (Å²) in [5.74, 6) is 0.238. The van der Waals surface area contributed by atoms with Crippen LogP contribution in [0.5, 0.6) is 0 Å². The van der Waals surface area contributed by atoms with Crippen LogP contribution < -0.4 is 5.73 Å². The molecule has 1 heterocycles. The lowest BCUT2D eigenvalue weighted by Gasteiger charge is -2.34. The third kappa shape index (κ3) is 3.24. The van der Waals surface area contributed by atoms with E-state index in [4.69, 9.17) is 5.73 Å². The minimum atomic E-state index is -3.45. The van der Waals surface area contributed by atoms with Gasteiger partial charge in [0.25, 0.3) is 0 Å². The van der Waals surface area contributed by atoms with E-state index in [2.05, 4.69) is 15.9 Å². The van der Waals surface area contributed by atoms with Crippen LogP contribution >= 0.6 is 15.9 Å². The van der Waals surface area contributed by atoms with Gasteiger partial charge in [0, 0.05) is 23.6 Å². The second-order valence-electron chi connectivity index (χ2n) is 5.56. The van der Waals surface area contributed by atoms with Gasteiger partial charge in [-0.1, -0.05) is 6.07 Å². The van der Waals surface area contributed by atoms with Gasteiger partial charge >= 0.3 is 0 Å². The summed E-state index contributed by atoms with van der Waals surface area (Å²) < 4.78 is 27.8. The highest BCUT2D eigenvalue weighted by atomic mass is 79.9. The summed E-state index contributed by atoms with van der Waals surface area (Å²) in [6.07, 6.45) is 1.87. The van der Waals surface area contributed by atoms with Crippen LogP contribution in [0.4, 0.5) is 0 Å². The molecule has 0 bridgehead atoms. The van der Waals surface area contributed by atoms with Crippen LogP contribution in [0.2, 0.25) is 0 Å². The standard InChI is InChI=1S/C14H21BrN2O2S/c1-10-5-6-13(15)14(8-10)20(18,19)17-7-3-4-12(9-17)11(2)16/h5-6,8,11-12H,3-4,7,9,16H2,1-2H3/t11-,12-/m0/s1. The third-order valence-electron chi connectivity index (χ3n) is 3.87. The van der Waals surface area contributed by atoms with Crippen molar-refractivity contribution in [3.05, 3.63) is 28.2 Å². The first-order valence-electron chi connectivity index (χ1n) is 6.84. The number of aryl methyl sites for hydroxylation is 1. The molecule has 2 rings (SSSR count). The Labute approximate surface area is 129 Å². The molecule has 1 aromatic rings. The molecule has 0 unspecified atom stereocenters. The zero-order valence-corrected chi connectivity index (χ0v) is 14.2. The van der Waals surface area contributed by atoms with Gasteiger partial charge in [0.05, 0.1) is 4.90 Å². The normalized spacial score (nSPS) is 22.7. The average Bonchev–Trinajstić information content (AvgIpc) is 2.41. The number of nitrogens with two attached hydrogens (primary N) is 1. The molecule has 1 fully saturated rings. The summed E-state index contributed by atoms with van der Waals surface area (Å²) in [6.45, 7) is 4.93. The minimum absolute atomic E-state index is 0.0222. The summed E-state index contributed by atoms with van der Waals surface area (Å²) in [5.41, 5.74) is 6.87. The summed E-state index contributed by atoms with van der Waals surface area (Å²) in [4.78, 5) is 0.350. The van der Waals surface area contributed by atoms with E-state index in [1.165, 1.54) is 0 Å². The lowest BCUT2D eigenvalue weighted by Crippen LogP contribution is -2.45. The summed E-state index contributed by atoms with van der Waals surface area (Å²) >= 11 is 3.35. The molecule has 0 radical (unpaired) electrons. The summed E-state index contributed by atoms with van der Waals surface area (Å²) in [6, 6.07) is 5.42. The van der Waals surface area contributed by atoms with Gasteiger partial charge in [-0.25, -0.2) is 8.42 Å². The third-order valence-corrected chi connectivity index (χ3v) is 6.73. The van der Waals surface area contributed by atoms with Gasteiger partial charge in [0.1, 0.15) is 0 Å². The number of hydrogen-bond donors (Lipinski definition) is 1. The largest absolute Gasteiger partial charge is 0.328 e. The van der Waals surface area contributed by atoms with E-state index in [1.807, 2.05) is 19.9 Å². The van der Waals surface area contributed by atoms with E-state index in [9.17, 15) is 8.42 Å². The first-order valence-corrected chi connectivity index (χ1v) is 9.07. The summed E-state index contributed by atoms with van der Waals surface area (Å²) in [5, 5.41) is 0. The van der Waals surface area contributed by atoms with E-state index < -0.39 is 10.0 Å². The zero-order valence-electron chi connectivity index (χ0n) is 11.8. The van der Waals surface area contributed by atoms with E-state index in [-0.39, 0.29) is 12.0 Å². The fourth-order valence-electron chi connectivity index (χ4n) is 2.57. The maximum Gasteiger partial charge on any atom is 0.244 e. The van der Waals surface area contributed by atoms with Gasteiger partial charge in [-0.3, -0.25) is 0 Å². The van der Waals surface area contributed by atoms with Crippen LogP contribution in [0, 0.1) is 12.8 Å². The Balaban J connectivity index is 2.32. The van der Waals surface area contributed by atoms with Crippen molar-refractivity contribution in [2.24, 2.45) is 11.7 Å². The van der Waals surface area contributed by atoms with Crippen molar-refractivity contribution in [1.82, 2.24) is 4.31 Å². The van der Waals surface area contributed by atoms with Gasteiger partial charge in [0.2, 0.25) is 10.0 Å². The molecular formula is C14H21BrN2O2S. The Morgan fingerprint density at radius 3 is 2.80 bits per heavy atom. The van der Waals surface area contributed by atoms with Gasteiger partial charge in [-0.05, 0) is 66.2 Å². The second kappa shape index (κ2) is 6.13. The predicted molar refractivity (Wildman–Crippen MR) is 84.0 cm³/mol. The molecule has 0 amide bonds. The number of rotatable bonds is 3. The number of sulfonamides is 1. The number of benzene rings is 1. The number of piperidine rings is 1. The van der Waals surface area contributed by atoms with Crippen LogP contribution in [-0.4, -0.2) is 31.9 Å². The smallest absolute Gasteiger partial charge is 0.244 e. The Hall–Kier alpha value is -0.430. The Bertz CT molecular complexity index is 587. The van der Waals surface area contributed by atoms with E-state index in [0.717, 1.165) is 18.4 Å². The van der Waals surface area contributed by atoms with Crippen molar-refractivity contribution >= 4 is 26.0 Å². The fourth-order valence-corrected chi connectivity index (χ4v) is 5.11. The Kier molecular flexibility index (Phi) is 4.89. The van der Waals surface area contributed by atoms with Gasteiger partial charge in [-0.15, -0.1) is 0 Å². The number of halogens is 1. The quantitative estimate of drug-likeness (QED) is 0.900. The Morgan fingerprint density at radius 2 is 2.15 bits per heavy atom. The molecule has 0 saturated carbocycles. The monoisotopic (exact) mass is 360 g/mol. The maximum atomic E-state index is 12.8. The van der Waals surface area contributed by atoms with Crippen LogP contribution in [0.3, 0.4) is 0 Å². The molecule has 2 N–H and O–H groups in total. The summed E-state index contributed by atoms with van der Waals surface area (Å²) in [7, 11) is -3.45. The molecule has 1 aliphatic rings. The zero-order chi connectivity index (χ0) is 14.9. The topological polar surface area (TPSA) is 63.4 Å². The molecule has 0 spiro atoms. The van der Waals surface area contributed by atoms with Crippen molar-refractivity contribution < 1.29 is 8.42 Å². The van der Waals surface area contributed by atoms with E-state index in [1.54, 1.807) is 16.4 Å². The lowest BCUT2D eigenvalue weighted by atomic mass is 9.93. The first kappa shape index (κ1) is 15.9. The van der Waals surface area contributed by atoms with Crippen molar-refractivity contribution in [3.8, 4) is 0 Å². The van der Waals surface area contributed by atoms with Crippen LogP contribution in [0.1, 0.15) is 25.3 Å². The van der Waals surface area contributed by atoms with E-state index >= 15 is 0 Å². The molecular weight excluding hydrogens is 340 g/mol. The average molecular weight is 361 g/mol. The van der Waals surface area contributed by atoms with Crippen LogP contribution in [0.25, 0.3) is 0 Å². The molecule has 0 aliphatic carbocycles. The molecule has 1 aromatic carbocycles. The highest BCUT2D eigenvalue weighted by Crippen LogP contribution is 2.29.